The van der Waals surface area contributed by atoms with Gasteiger partial charge in [-0.1, -0.05) is 6.92 Å². The zero-order chi connectivity index (χ0) is 13.0. The van der Waals surface area contributed by atoms with Crippen LogP contribution in [0.2, 0.25) is 0 Å². The fraction of sp³-hybridized carbons (Fsp3) is 0.812. The summed E-state index contributed by atoms with van der Waals surface area (Å²) in [6.45, 7) is 3.22. The SMILES string of the molecule is CCc1cc(N)n(CC2C3CC4CC(C3)CC2C4)n1. The molecule has 2 N–H and O–H groups in total. The maximum absolute atomic E-state index is 6.12. The van der Waals surface area contributed by atoms with E-state index in [1.54, 1.807) is 0 Å². The van der Waals surface area contributed by atoms with Crippen molar-refractivity contribution in [3.8, 4) is 0 Å². The number of rotatable bonds is 3. The van der Waals surface area contributed by atoms with Gasteiger partial charge in [0.2, 0.25) is 0 Å². The summed E-state index contributed by atoms with van der Waals surface area (Å²) in [7, 11) is 0. The van der Waals surface area contributed by atoms with Crippen molar-refractivity contribution in [2.45, 2.75) is 52.0 Å². The van der Waals surface area contributed by atoms with Crippen LogP contribution in [0.25, 0.3) is 0 Å². The molecule has 1 heterocycles. The van der Waals surface area contributed by atoms with Gasteiger partial charge < -0.3 is 5.73 Å². The molecule has 0 unspecified atom stereocenters. The normalized spacial score (nSPS) is 39.9. The minimum atomic E-state index is 0.847. The minimum Gasteiger partial charge on any atom is -0.384 e. The first-order valence-electron chi connectivity index (χ1n) is 8.05. The number of hydrogen-bond acceptors (Lipinski definition) is 2. The lowest BCUT2D eigenvalue weighted by Gasteiger charge is -2.54. The molecule has 3 heteroatoms. The molecule has 0 atom stereocenters. The van der Waals surface area contributed by atoms with Gasteiger partial charge in [0.15, 0.2) is 0 Å². The third-order valence-electron chi connectivity index (χ3n) is 6.03. The van der Waals surface area contributed by atoms with Crippen molar-refractivity contribution >= 4 is 5.82 Å². The molecular formula is C16H25N3. The van der Waals surface area contributed by atoms with E-state index in [-0.39, 0.29) is 0 Å². The fourth-order valence-electron chi connectivity index (χ4n) is 5.34. The quantitative estimate of drug-likeness (QED) is 0.906. The van der Waals surface area contributed by atoms with E-state index in [1.165, 1.54) is 32.1 Å². The van der Waals surface area contributed by atoms with E-state index in [4.69, 9.17) is 5.73 Å². The lowest BCUT2D eigenvalue weighted by molar-refractivity contribution is -0.0440. The Bertz CT molecular complexity index is 448. The number of hydrogen-bond donors (Lipinski definition) is 1. The number of anilines is 1. The van der Waals surface area contributed by atoms with Crippen molar-refractivity contribution < 1.29 is 0 Å². The zero-order valence-corrected chi connectivity index (χ0v) is 11.9. The molecule has 3 nitrogen and oxygen atoms in total. The highest BCUT2D eigenvalue weighted by Gasteiger charge is 2.48. The Kier molecular flexibility index (Phi) is 2.64. The summed E-state index contributed by atoms with van der Waals surface area (Å²) < 4.78 is 2.09. The Labute approximate surface area is 115 Å². The van der Waals surface area contributed by atoms with Crippen LogP contribution in [-0.2, 0) is 13.0 Å². The summed E-state index contributed by atoms with van der Waals surface area (Å²) >= 11 is 0. The van der Waals surface area contributed by atoms with Crippen LogP contribution in [0.1, 0.15) is 44.7 Å². The topological polar surface area (TPSA) is 43.8 Å². The number of nitrogens with zero attached hydrogens (tertiary/aromatic N) is 2. The minimum absolute atomic E-state index is 0.847. The van der Waals surface area contributed by atoms with Crippen LogP contribution in [0, 0.1) is 29.6 Å². The molecule has 104 valence electrons. The monoisotopic (exact) mass is 259 g/mol. The average molecular weight is 259 g/mol. The van der Waals surface area contributed by atoms with Gasteiger partial charge in [0.25, 0.3) is 0 Å². The van der Waals surface area contributed by atoms with Gasteiger partial charge in [-0.25, -0.2) is 4.68 Å². The van der Waals surface area contributed by atoms with Gasteiger partial charge in [0.1, 0.15) is 5.82 Å². The van der Waals surface area contributed by atoms with Crippen molar-refractivity contribution in [3.63, 3.8) is 0 Å². The van der Waals surface area contributed by atoms with Crippen LogP contribution in [0.5, 0.6) is 0 Å². The summed E-state index contributed by atoms with van der Waals surface area (Å²) in [5.41, 5.74) is 7.26. The molecule has 19 heavy (non-hydrogen) atoms. The number of nitrogens with two attached hydrogens (primary N) is 1. The lowest BCUT2D eigenvalue weighted by Crippen LogP contribution is -2.46. The first-order valence-corrected chi connectivity index (χ1v) is 8.05. The molecule has 0 amide bonds. The molecule has 1 aromatic heterocycles. The molecule has 4 aliphatic carbocycles. The fourth-order valence-corrected chi connectivity index (χ4v) is 5.34. The standard InChI is InChI=1S/C16H25N3/c1-2-14-8-16(17)19(18-14)9-15-12-4-10-3-11(6-12)7-13(15)5-10/h8,10-13,15H,2-7,9,17H2,1H3. The third-order valence-corrected chi connectivity index (χ3v) is 6.03. The van der Waals surface area contributed by atoms with E-state index in [9.17, 15) is 0 Å². The molecule has 0 spiro atoms. The van der Waals surface area contributed by atoms with Crippen molar-refractivity contribution in [3.05, 3.63) is 11.8 Å². The third kappa shape index (κ3) is 1.89. The molecule has 4 saturated carbocycles. The molecule has 0 aromatic carbocycles. The predicted molar refractivity (Wildman–Crippen MR) is 76.6 cm³/mol. The van der Waals surface area contributed by atoms with Gasteiger partial charge >= 0.3 is 0 Å². The van der Waals surface area contributed by atoms with Crippen molar-refractivity contribution in [1.29, 1.82) is 0 Å². The van der Waals surface area contributed by atoms with Crippen LogP contribution in [0.4, 0.5) is 5.82 Å². The molecule has 4 fully saturated rings. The maximum atomic E-state index is 6.12. The van der Waals surface area contributed by atoms with Crippen LogP contribution in [0.3, 0.4) is 0 Å². The molecular weight excluding hydrogens is 234 g/mol. The van der Waals surface area contributed by atoms with E-state index in [1.807, 2.05) is 0 Å². The van der Waals surface area contributed by atoms with Crippen molar-refractivity contribution in [2.75, 3.05) is 5.73 Å². The second-order valence-electron chi connectivity index (χ2n) is 7.19. The van der Waals surface area contributed by atoms with E-state index in [0.29, 0.717) is 0 Å². The summed E-state index contributed by atoms with van der Waals surface area (Å²) in [4.78, 5) is 0. The van der Waals surface area contributed by atoms with Gasteiger partial charge in [-0.15, -0.1) is 0 Å². The number of aromatic nitrogens is 2. The molecule has 5 rings (SSSR count). The summed E-state index contributed by atoms with van der Waals surface area (Å²) in [5, 5.41) is 4.67. The van der Waals surface area contributed by atoms with Gasteiger partial charge in [-0.2, -0.15) is 5.10 Å². The van der Waals surface area contributed by atoms with Gasteiger partial charge in [0, 0.05) is 12.6 Å². The largest absolute Gasteiger partial charge is 0.384 e. The van der Waals surface area contributed by atoms with E-state index < -0.39 is 0 Å². The summed E-state index contributed by atoms with van der Waals surface area (Å²) in [5.74, 6) is 5.75. The lowest BCUT2D eigenvalue weighted by atomic mass is 9.52. The van der Waals surface area contributed by atoms with Gasteiger partial charge in [-0.05, 0) is 68.1 Å². The Hall–Kier alpha value is -0.990. The summed E-state index contributed by atoms with van der Waals surface area (Å²) in [6.07, 6.45) is 8.46. The van der Waals surface area contributed by atoms with Crippen LogP contribution >= 0.6 is 0 Å². The van der Waals surface area contributed by atoms with Crippen LogP contribution in [-0.4, -0.2) is 9.78 Å². The molecule has 1 aromatic rings. The second kappa shape index (κ2) is 4.26. The van der Waals surface area contributed by atoms with Crippen molar-refractivity contribution in [1.82, 2.24) is 9.78 Å². The molecule has 0 aliphatic heterocycles. The zero-order valence-electron chi connectivity index (χ0n) is 11.9. The Balaban J connectivity index is 1.55. The maximum Gasteiger partial charge on any atom is 0.121 e. The van der Waals surface area contributed by atoms with E-state index in [2.05, 4.69) is 22.8 Å². The Morgan fingerprint density at radius 3 is 2.32 bits per heavy atom. The van der Waals surface area contributed by atoms with E-state index >= 15 is 0 Å². The predicted octanol–water partition coefficient (Wildman–Crippen LogP) is 3.10. The molecule has 0 saturated heterocycles. The van der Waals surface area contributed by atoms with Crippen LogP contribution in [0.15, 0.2) is 6.07 Å². The van der Waals surface area contributed by atoms with E-state index in [0.717, 1.165) is 54.1 Å². The second-order valence-corrected chi connectivity index (χ2v) is 7.19. The first kappa shape index (κ1) is 11.8. The Morgan fingerprint density at radius 1 is 1.16 bits per heavy atom. The summed E-state index contributed by atoms with van der Waals surface area (Å²) in [6, 6.07) is 2.05. The van der Waals surface area contributed by atoms with Crippen LogP contribution < -0.4 is 5.73 Å². The highest BCUT2D eigenvalue weighted by atomic mass is 15.3. The van der Waals surface area contributed by atoms with Gasteiger partial charge in [-0.3, -0.25) is 0 Å². The number of nitrogen functional groups attached to an aromatic ring is 1. The Morgan fingerprint density at radius 2 is 1.79 bits per heavy atom. The highest BCUT2D eigenvalue weighted by Crippen LogP contribution is 2.56. The van der Waals surface area contributed by atoms with Crippen molar-refractivity contribution in [2.24, 2.45) is 29.6 Å². The average Bonchev–Trinajstić information content (AvgIpc) is 2.74. The van der Waals surface area contributed by atoms with Gasteiger partial charge in [0.05, 0.1) is 5.69 Å². The number of aryl methyl sites for hydroxylation is 1. The molecule has 4 aliphatic rings. The smallest absolute Gasteiger partial charge is 0.121 e. The molecule has 0 radical (unpaired) electrons. The first-order chi connectivity index (χ1) is 9.22. The highest BCUT2D eigenvalue weighted by molar-refractivity contribution is 5.30. The molecule has 4 bridgehead atoms.